The molecule has 112 valence electrons. The van der Waals surface area contributed by atoms with Gasteiger partial charge < -0.3 is 5.73 Å². The van der Waals surface area contributed by atoms with E-state index in [1.165, 1.54) is 29.2 Å². The highest BCUT2D eigenvalue weighted by molar-refractivity contribution is 7.92. The number of hydrogen-bond donors (Lipinski definition) is 1. The van der Waals surface area contributed by atoms with Crippen LogP contribution in [0.5, 0.6) is 0 Å². The van der Waals surface area contributed by atoms with Gasteiger partial charge in [0, 0.05) is 19.8 Å². The minimum Gasteiger partial charge on any atom is -0.325 e. The fraction of sp³-hybridized carbons (Fsp3) is 0.267. The van der Waals surface area contributed by atoms with Crippen LogP contribution < -0.4 is 10.0 Å². The van der Waals surface area contributed by atoms with Crippen LogP contribution in [0.1, 0.15) is 18.2 Å². The van der Waals surface area contributed by atoms with Gasteiger partial charge in [-0.25, -0.2) is 8.42 Å². The molecule has 0 aliphatic carbocycles. The second-order valence-electron chi connectivity index (χ2n) is 4.68. The van der Waals surface area contributed by atoms with Crippen molar-refractivity contribution in [2.45, 2.75) is 24.8 Å². The van der Waals surface area contributed by atoms with E-state index in [0.29, 0.717) is 11.4 Å². The first-order valence-electron chi connectivity index (χ1n) is 6.72. The van der Waals surface area contributed by atoms with Crippen LogP contribution in [-0.4, -0.2) is 20.4 Å². The zero-order chi connectivity index (χ0) is 15.5. The first-order chi connectivity index (χ1) is 9.98. The molecule has 0 fully saturated rings. The van der Waals surface area contributed by atoms with Crippen molar-refractivity contribution < 1.29 is 8.42 Å². The van der Waals surface area contributed by atoms with Crippen LogP contribution in [0.15, 0.2) is 47.5 Å². The molecule has 0 aliphatic rings. The van der Waals surface area contributed by atoms with Gasteiger partial charge in [-0.3, -0.25) is 9.29 Å². The van der Waals surface area contributed by atoms with Crippen LogP contribution in [0.25, 0.3) is 0 Å². The number of sulfonamides is 1. The van der Waals surface area contributed by atoms with Crippen molar-refractivity contribution in [2.75, 3.05) is 11.4 Å². The summed E-state index contributed by atoms with van der Waals surface area (Å²) in [6.07, 6.45) is 2.26. The predicted molar refractivity (Wildman–Crippen MR) is 83.5 cm³/mol. The van der Waals surface area contributed by atoms with Gasteiger partial charge in [0.2, 0.25) is 0 Å². The lowest BCUT2D eigenvalue weighted by molar-refractivity contribution is 0.594. The third-order valence-corrected chi connectivity index (χ3v) is 5.14. The van der Waals surface area contributed by atoms with Gasteiger partial charge in [-0.15, -0.1) is 0 Å². The fourth-order valence-corrected chi connectivity index (χ4v) is 3.06. The largest absolute Gasteiger partial charge is 0.325 e. The van der Waals surface area contributed by atoms with E-state index >= 15 is 0 Å². The normalized spacial score (nSPS) is 11.4. The summed E-state index contributed by atoms with van der Waals surface area (Å²) in [7, 11) is -2.07. The summed E-state index contributed by atoms with van der Waals surface area (Å²) >= 11 is 0. The van der Waals surface area contributed by atoms with Crippen molar-refractivity contribution in [2.24, 2.45) is 5.73 Å². The number of anilines is 1. The van der Waals surface area contributed by atoms with Crippen LogP contribution in [0.2, 0.25) is 0 Å². The molecule has 0 aliphatic heterocycles. The molecular formula is C15H19N3O2S. The highest BCUT2D eigenvalue weighted by atomic mass is 32.2. The summed E-state index contributed by atoms with van der Waals surface area (Å²) in [6.45, 7) is 2.34. The lowest BCUT2D eigenvalue weighted by atomic mass is 10.1. The molecule has 0 atom stereocenters. The summed E-state index contributed by atoms with van der Waals surface area (Å²) < 4.78 is 26.3. The van der Waals surface area contributed by atoms with E-state index in [-0.39, 0.29) is 11.4 Å². The second kappa shape index (κ2) is 6.24. The van der Waals surface area contributed by atoms with Gasteiger partial charge in [0.05, 0.1) is 11.4 Å². The predicted octanol–water partition coefficient (Wildman–Crippen LogP) is 1.93. The van der Waals surface area contributed by atoms with Crippen LogP contribution >= 0.6 is 0 Å². The molecule has 0 unspecified atom stereocenters. The monoisotopic (exact) mass is 305 g/mol. The van der Waals surface area contributed by atoms with Crippen LogP contribution in [-0.2, 0) is 23.0 Å². The molecule has 0 bridgehead atoms. The Kier molecular flexibility index (Phi) is 4.59. The molecule has 0 radical (unpaired) electrons. The molecule has 1 heterocycles. The minimum absolute atomic E-state index is 0.154. The number of rotatable bonds is 5. The maximum Gasteiger partial charge on any atom is 0.265 e. The molecule has 1 aromatic heterocycles. The number of pyridine rings is 1. The first kappa shape index (κ1) is 15.5. The first-order valence-corrected chi connectivity index (χ1v) is 8.16. The summed E-state index contributed by atoms with van der Waals surface area (Å²) in [6, 6.07) is 10.6. The van der Waals surface area contributed by atoms with E-state index in [2.05, 4.69) is 11.9 Å². The highest BCUT2D eigenvalue weighted by Crippen LogP contribution is 2.22. The molecule has 0 saturated carbocycles. The lowest BCUT2D eigenvalue weighted by Gasteiger charge is -2.19. The summed E-state index contributed by atoms with van der Waals surface area (Å²) in [4.78, 5) is 4.19. The van der Waals surface area contributed by atoms with Crippen molar-refractivity contribution in [3.8, 4) is 0 Å². The third kappa shape index (κ3) is 3.22. The molecule has 1 aromatic carbocycles. The van der Waals surface area contributed by atoms with E-state index in [9.17, 15) is 8.42 Å². The second-order valence-corrected chi connectivity index (χ2v) is 6.65. The molecular weight excluding hydrogens is 286 g/mol. The van der Waals surface area contributed by atoms with Gasteiger partial charge in [0.15, 0.2) is 0 Å². The van der Waals surface area contributed by atoms with Crippen LogP contribution in [0, 0.1) is 0 Å². The molecule has 2 aromatic rings. The maximum atomic E-state index is 12.5. The van der Waals surface area contributed by atoms with Gasteiger partial charge >= 0.3 is 0 Å². The van der Waals surface area contributed by atoms with Gasteiger partial charge in [0.25, 0.3) is 10.0 Å². The third-order valence-electron chi connectivity index (χ3n) is 3.37. The van der Waals surface area contributed by atoms with Crippen molar-refractivity contribution in [1.29, 1.82) is 0 Å². The van der Waals surface area contributed by atoms with E-state index < -0.39 is 10.0 Å². The van der Waals surface area contributed by atoms with E-state index in [0.717, 1.165) is 6.42 Å². The number of hydrogen-bond acceptors (Lipinski definition) is 4. The number of nitrogens with two attached hydrogens (primary N) is 1. The van der Waals surface area contributed by atoms with Gasteiger partial charge in [-0.2, -0.15) is 0 Å². The quantitative estimate of drug-likeness (QED) is 0.915. The molecule has 21 heavy (non-hydrogen) atoms. The Labute approximate surface area is 125 Å². The Morgan fingerprint density at radius 2 is 1.81 bits per heavy atom. The zero-order valence-electron chi connectivity index (χ0n) is 12.2. The average Bonchev–Trinajstić information content (AvgIpc) is 2.54. The van der Waals surface area contributed by atoms with Crippen molar-refractivity contribution in [3.63, 3.8) is 0 Å². The Bertz CT molecular complexity index is 695. The highest BCUT2D eigenvalue weighted by Gasteiger charge is 2.21. The smallest absolute Gasteiger partial charge is 0.265 e. The van der Waals surface area contributed by atoms with E-state index in [1.807, 2.05) is 12.1 Å². The SMILES string of the molecule is CCc1ccc(N(C)S(=O)(=O)c2ccc(CN)nc2)cc1. The number of aryl methyl sites for hydroxylation is 1. The summed E-state index contributed by atoms with van der Waals surface area (Å²) in [5, 5.41) is 0. The minimum atomic E-state index is -3.61. The molecule has 2 N–H and O–H groups in total. The number of benzene rings is 1. The van der Waals surface area contributed by atoms with Crippen LogP contribution in [0.4, 0.5) is 5.69 Å². The van der Waals surface area contributed by atoms with Crippen molar-refractivity contribution in [1.82, 2.24) is 4.98 Å². The standard InChI is InChI=1S/C15H19N3O2S/c1-3-12-4-7-14(8-5-12)18(2)21(19,20)15-9-6-13(10-16)17-11-15/h4-9,11H,3,10,16H2,1-2H3. The fourth-order valence-electron chi connectivity index (χ4n) is 1.92. The van der Waals surface area contributed by atoms with Gasteiger partial charge in [-0.05, 0) is 36.2 Å². The Morgan fingerprint density at radius 3 is 2.29 bits per heavy atom. The Balaban J connectivity index is 2.32. The summed E-state index contributed by atoms with van der Waals surface area (Å²) in [5.41, 5.74) is 7.91. The zero-order valence-corrected chi connectivity index (χ0v) is 13.0. The molecule has 2 rings (SSSR count). The summed E-state index contributed by atoms with van der Waals surface area (Å²) in [5.74, 6) is 0. The van der Waals surface area contributed by atoms with Gasteiger partial charge in [0.1, 0.15) is 4.90 Å². The van der Waals surface area contributed by atoms with E-state index in [4.69, 9.17) is 5.73 Å². The lowest BCUT2D eigenvalue weighted by Crippen LogP contribution is -2.26. The molecule has 5 nitrogen and oxygen atoms in total. The van der Waals surface area contributed by atoms with Crippen LogP contribution in [0.3, 0.4) is 0 Å². The average molecular weight is 305 g/mol. The molecule has 0 amide bonds. The van der Waals surface area contributed by atoms with Crippen molar-refractivity contribution >= 4 is 15.7 Å². The van der Waals surface area contributed by atoms with Gasteiger partial charge in [-0.1, -0.05) is 19.1 Å². The van der Waals surface area contributed by atoms with E-state index in [1.54, 1.807) is 18.2 Å². The van der Waals surface area contributed by atoms with Crippen molar-refractivity contribution in [3.05, 3.63) is 53.9 Å². The Hall–Kier alpha value is -1.92. The number of aromatic nitrogens is 1. The molecule has 6 heteroatoms. The maximum absolute atomic E-state index is 12.5. The molecule has 0 saturated heterocycles. The topological polar surface area (TPSA) is 76.3 Å². The molecule has 0 spiro atoms. The number of nitrogens with zero attached hydrogens (tertiary/aromatic N) is 2. The Morgan fingerprint density at radius 1 is 1.14 bits per heavy atom.